The van der Waals surface area contributed by atoms with E-state index in [0.29, 0.717) is 0 Å². The van der Waals surface area contributed by atoms with Crippen LogP contribution in [0.2, 0.25) is 0 Å². The molecule has 48 valence electrons. The van der Waals surface area contributed by atoms with Gasteiger partial charge < -0.3 is 4.74 Å². The standard InChI is InChI=1S/C7H8OS.Zn/c1-8-6-2-4-7(9)5-3-6;/h2-5,9H,1H3;/q;+2. The van der Waals surface area contributed by atoms with E-state index in [9.17, 15) is 0 Å². The maximum atomic E-state index is 4.94. The minimum atomic E-state index is 0. The normalized spacial score (nSPS) is 8.20. The Morgan fingerprint density at radius 1 is 1.20 bits per heavy atom. The zero-order valence-electron chi connectivity index (χ0n) is 5.87. The topological polar surface area (TPSA) is 9.23 Å². The summed E-state index contributed by atoms with van der Waals surface area (Å²) in [6.07, 6.45) is 0. The van der Waals surface area contributed by atoms with Crippen molar-refractivity contribution in [3.8, 4) is 5.75 Å². The maximum absolute atomic E-state index is 4.94. The average Bonchev–Trinajstić information content (AvgIpc) is 1.90. The maximum Gasteiger partial charge on any atom is 2.00 e. The van der Waals surface area contributed by atoms with Crippen LogP contribution in [0.5, 0.6) is 5.75 Å². The first-order chi connectivity index (χ1) is 4.33. The van der Waals surface area contributed by atoms with Crippen molar-refractivity contribution in [2.24, 2.45) is 0 Å². The molecule has 0 saturated heterocycles. The van der Waals surface area contributed by atoms with Crippen molar-refractivity contribution in [3.05, 3.63) is 24.3 Å². The SMILES string of the molecule is COc1ccc(S)cc1.[Zn+2]. The van der Waals surface area contributed by atoms with Crippen molar-refractivity contribution in [2.75, 3.05) is 7.11 Å². The van der Waals surface area contributed by atoms with Crippen LogP contribution in [0.4, 0.5) is 0 Å². The van der Waals surface area contributed by atoms with Gasteiger partial charge in [-0.15, -0.1) is 12.6 Å². The van der Waals surface area contributed by atoms with Gasteiger partial charge in [0.15, 0.2) is 0 Å². The van der Waals surface area contributed by atoms with Gasteiger partial charge in [0.1, 0.15) is 5.75 Å². The number of hydrogen-bond donors (Lipinski definition) is 1. The fourth-order valence-electron chi connectivity index (χ4n) is 0.582. The quantitative estimate of drug-likeness (QED) is 0.545. The predicted octanol–water partition coefficient (Wildman–Crippen LogP) is 1.98. The molecule has 0 saturated carbocycles. The monoisotopic (exact) mass is 204 g/mol. The van der Waals surface area contributed by atoms with E-state index in [4.69, 9.17) is 4.74 Å². The van der Waals surface area contributed by atoms with Gasteiger partial charge in [-0.05, 0) is 24.3 Å². The molecule has 0 spiro atoms. The molecule has 0 aliphatic carbocycles. The summed E-state index contributed by atoms with van der Waals surface area (Å²) in [5, 5.41) is 0. The summed E-state index contributed by atoms with van der Waals surface area (Å²) in [6.45, 7) is 0. The number of methoxy groups -OCH3 is 1. The Morgan fingerprint density at radius 3 is 2.10 bits per heavy atom. The summed E-state index contributed by atoms with van der Waals surface area (Å²) >= 11 is 4.11. The van der Waals surface area contributed by atoms with E-state index in [1.165, 1.54) is 0 Å². The van der Waals surface area contributed by atoms with Crippen LogP contribution in [0.25, 0.3) is 0 Å². The second-order valence-corrected chi connectivity index (χ2v) is 2.21. The molecule has 0 aromatic heterocycles. The van der Waals surface area contributed by atoms with Crippen LogP contribution in [0, 0.1) is 0 Å². The largest absolute Gasteiger partial charge is 2.00 e. The molecular formula is C7H8OSZn+2. The van der Waals surface area contributed by atoms with Gasteiger partial charge in [-0.3, -0.25) is 0 Å². The third-order valence-corrected chi connectivity index (χ3v) is 1.37. The number of hydrogen-bond acceptors (Lipinski definition) is 2. The first-order valence-electron chi connectivity index (χ1n) is 2.66. The van der Waals surface area contributed by atoms with E-state index < -0.39 is 0 Å². The summed E-state index contributed by atoms with van der Waals surface area (Å²) < 4.78 is 4.94. The molecule has 0 heterocycles. The molecule has 1 rings (SSSR count). The van der Waals surface area contributed by atoms with Crippen LogP contribution in [0.1, 0.15) is 0 Å². The molecule has 0 N–H and O–H groups in total. The zero-order chi connectivity index (χ0) is 6.69. The second-order valence-electron chi connectivity index (χ2n) is 1.70. The van der Waals surface area contributed by atoms with Gasteiger partial charge >= 0.3 is 19.5 Å². The van der Waals surface area contributed by atoms with E-state index >= 15 is 0 Å². The molecular weight excluding hydrogens is 198 g/mol. The fraction of sp³-hybridized carbons (Fsp3) is 0.143. The molecule has 0 unspecified atom stereocenters. The minimum absolute atomic E-state index is 0. The van der Waals surface area contributed by atoms with Gasteiger partial charge in [0, 0.05) is 4.90 Å². The van der Waals surface area contributed by atoms with Crippen LogP contribution >= 0.6 is 12.6 Å². The van der Waals surface area contributed by atoms with Crippen LogP contribution in [-0.2, 0) is 19.5 Å². The number of benzene rings is 1. The average molecular weight is 206 g/mol. The summed E-state index contributed by atoms with van der Waals surface area (Å²) in [6, 6.07) is 7.54. The van der Waals surface area contributed by atoms with Crippen LogP contribution in [-0.4, -0.2) is 7.11 Å². The van der Waals surface area contributed by atoms with Crippen molar-refractivity contribution >= 4 is 12.6 Å². The van der Waals surface area contributed by atoms with Gasteiger partial charge in [0.05, 0.1) is 7.11 Å². The van der Waals surface area contributed by atoms with Crippen molar-refractivity contribution in [3.63, 3.8) is 0 Å². The van der Waals surface area contributed by atoms with E-state index in [-0.39, 0.29) is 19.5 Å². The van der Waals surface area contributed by atoms with E-state index in [0.717, 1.165) is 10.6 Å². The van der Waals surface area contributed by atoms with Crippen LogP contribution < -0.4 is 4.74 Å². The van der Waals surface area contributed by atoms with Gasteiger partial charge in [0.25, 0.3) is 0 Å². The van der Waals surface area contributed by atoms with Gasteiger partial charge in [0.2, 0.25) is 0 Å². The first-order valence-corrected chi connectivity index (χ1v) is 3.10. The van der Waals surface area contributed by atoms with Gasteiger partial charge in [-0.1, -0.05) is 0 Å². The van der Waals surface area contributed by atoms with Crippen LogP contribution in [0.15, 0.2) is 29.2 Å². The third kappa shape index (κ3) is 2.72. The first kappa shape index (κ1) is 9.99. The van der Waals surface area contributed by atoms with Crippen molar-refractivity contribution < 1.29 is 24.2 Å². The molecule has 0 bridgehead atoms. The molecule has 1 nitrogen and oxygen atoms in total. The Kier molecular flexibility index (Phi) is 4.75. The molecule has 0 fully saturated rings. The molecule has 0 amide bonds. The number of rotatable bonds is 1. The summed E-state index contributed by atoms with van der Waals surface area (Å²) in [4.78, 5) is 0.954. The summed E-state index contributed by atoms with van der Waals surface area (Å²) in [5.41, 5.74) is 0. The predicted molar refractivity (Wildman–Crippen MR) is 40.2 cm³/mol. The van der Waals surface area contributed by atoms with Crippen molar-refractivity contribution in [1.82, 2.24) is 0 Å². The molecule has 10 heavy (non-hydrogen) atoms. The van der Waals surface area contributed by atoms with E-state index in [1.807, 2.05) is 24.3 Å². The zero-order valence-corrected chi connectivity index (χ0v) is 9.73. The Balaban J connectivity index is 0.000000810. The van der Waals surface area contributed by atoms with Gasteiger partial charge in [-0.25, -0.2) is 0 Å². The van der Waals surface area contributed by atoms with Crippen molar-refractivity contribution in [1.29, 1.82) is 0 Å². The van der Waals surface area contributed by atoms with E-state index in [1.54, 1.807) is 7.11 Å². The Labute approximate surface area is 78.9 Å². The Bertz CT molecular complexity index is 185. The van der Waals surface area contributed by atoms with Crippen LogP contribution in [0.3, 0.4) is 0 Å². The Hall–Kier alpha value is -0.00662. The molecule has 0 aliphatic heterocycles. The molecule has 1 aromatic rings. The fourth-order valence-corrected chi connectivity index (χ4v) is 0.731. The van der Waals surface area contributed by atoms with Gasteiger partial charge in [-0.2, -0.15) is 0 Å². The van der Waals surface area contributed by atoms with E-state index in [2.05, 4.69) is 12.6 Å². The van der Waals surface area contributed by atoms with Crippen molar-refractivity contribution in [2.45, 2.75) is 4.90 Å². The molecule has 1 aromatic carbocycles. The number of ether oxygens (including phenoxy) is 1. The molecule has 0 radical (unpaired) electrons. The Morgan fingerprint density at radius 2 is 1.70 bits per heavy atom. The minimum Gasteiger partial charge on any atom is -0.497 e. The molecule has 0 atom stereocenters. The second kappa shape index (κ2) is 4.75. The number of thiol groups is 1. The smallest absolute Gasteiger partial charge is 0.497 e. The third-order valence-electron chi connectivity index (χ3n) is 1.07. The summed E-state index contributed by atoms with van der Waals surface area (Å²) in [7, 11) is 1.65. The molecule has 3 heteroatoms. The molecule has 0 aliphatic rings. The summed E-state index contributed by atoms with van der Waals surface area (Å²) in [5.74, 6) is 0.868.